The van der Waals surface area contributed by atoms with Crippen molar-refractivity contribution in [2.24, 2.45) is 0 Å². The van der Waals surface area contributed by atoms with Crippen molar-refractivity contribution in [3.63, 3.8) is 0 Å². The topological polar surface area (TPSA) is 12.9 Å². The van der Waals surface area contributed by atoms with Gasteiger partial charge in [-0.3, -0.25) is 8.97 Å². The van der Waals surface area contributed by atoms with Gasteiger partial charge in [0.05, 0.1) is 53.3 Å². The molecule has 0 atom stereocenters. The van der Waals surface area contributed by atoms with E-state index in [2.05, 4.69) is 84.8 Å². The van der Waals surface area contributed by atoms with Crippen LogP contribution in [-0.2, 0) is 0 Å². The van der Waals surface area contributed by atoms with Gasteiger partial charge in [0.1, 0.15) is 11.4 Å². The van der Waals surface area contributed by atoms with Crippen LogP contribution in [0.2, 0.25) is 0 Å². The Bertz CT molecular complexity index is 783. The molecule has 0 aliphatic rings. The van der Waals surface area contributed by atoms with Crippen LogP contribution in [0, 0.1) is 0 Å². The second kappa shape index (κ2) is 4.77. The Morgan fingerprint density at radius 1 is 0.591 bits per heavy atom. The smallest absolute Gasteiger partial charge is 0.134 e. The van der Waals surface area contributed by atoms with Gasteiger partial charge in [0.15, 0.2) is 0 Å². The van der Waals surface area contributed by atoms with Gasteiger partial charge >= 0.3 is 0 Å². The first-order chi connectivity index (χ1) is 10.1. The minimum absolute atomic E-state index is 0.800. The predicted octanol–water partition coefficient (Wildman–Crippen LogP) is 3.78. The van der Waals surface area contributed by atoms with E-state index in [0.717, 1.165) is 20.0 Å². The Morgan fingerprint density at radius 3 is 1.36 bits per heavy atom. The summed E-state index contributed by atoms with van der Waals surface area (Å²) < 4.78 is 1.60. The summed E-state index contributed by atoms with van der Waals surface area (Å²) in [5.74, 6) is 0. The van der Waals surface area contributed by atoms with E-state index in [9.17, 15) is 0 Å². The van der Waals surface area contributed by atoms with Crippen LogP contribution in [-0.4, -0.2) is 47.3 Å². The Balaban J connectivity index is 2.24. The second-order valence-corrected chi connectivity index (χ2v) is 7.77. The Kier molecular flexibility index (Phi) is 3.24. The van der Waals surface area contributed by atoms with Gasteiger partial charge in [-0.15, -0.1) is 0 Å². The van der Waals surface area contributed by atoms with Gasteiger partial charge in [0.25, 0.3) is 0 Å². The van der Waals surface area contributed by atoms with Crippen molar-refractivity contribution < 1.29 is 0 Å². The van der Waals surface area contributed by atoms with E-state index in [1.807, 2.05) is 0 Å². The third-order valence-corrected chi connectivity index (χ3v) is 4.13. The maximum atomic E-state index is 4.91. The molecule has 114 valence electrons. The van der Waals surface area contributed by atoms with E-state index in [4.69, 9.17) is 4.98 Å². The standard InChI is InChI=1S/C19H25N3/c1-21(2,3)16-9-7-14-11-15-8-10-17(22(4,5)6)13-19(15)20-18(14)12-16/h7-13H,1-6H3/q+2. The lowest BCUT2D eigenvalue weighted by Gasteiger charge is -2.24. The summed E-state index contributed by atoms with van der Waals surface area (Å²) in [6.07, 6.45) is 0. The van der Waals surface area contributed by atoms with Crippen LogP contribution in [0.25, 0.3) is 21.8 Å². The van der Waals surface area contributed by atoms with Gasteiger partial charge in [-0.25, -0.2) is 4.98 Å². The highest BCUT2D eigenvalue weighted by Crippen LogP contribution is 2.28. The predicted molar refractivity (Wildman–Crippen MR) is 98.4 cm³/mol. The lowest BCUT2D eigenvalue weighted by Crippen LogP contribution is -2.34. The zero-order chi connectivity index (χ0) is 16.1. The normalized spacial score (nSPS) is 13.0. The Morgan fingerprint density at radius 2 is 1.00 bits per heavy atom. The highest BCUT2D eigenvalue weighted by Gasteiger charge is 2.15. The average molecular weight is 295 g/mol. The number of hydrogen-bond acceptors (Lipinski definition) is 1. The molecule has 0 fully saturated rings. The van der Waals surface area contributed by atoms with E-state index < -0.39 is 0 Å². The molecule has 0 aliphatic heterocycles. The van der Waals surface area contributed by atoms with Crippen molar-refractivity contribution in [2.75, 3.05) is 42.3 Å². The number of hydrogen-bond donors (Lipinski definition) is 0. The van der Waals surface area contributed by atoms with Gasteiger partial charge in [0, 0.05) is 22.9 Å². The third kappa shape index (κ3) is 2.70. The van der Waals surface area contributed by atoms with E-state index in [1.165, 1.54) is 22.1 Å². The second-order valence-electron chi connectivity index (χ2n) is 7.77. The molecule has 0 saturated heterocycles. The van der Waals surface area contributed by atoms with Gasteiger partial charge in [-0.1, -0.05) is 0 Å². The lowest BCUT2D eigenvalue weighted by molar-refractivity contribution is 0.487. The van der Waals surface area contributed by atoms with Gasteiger partial charge in [0.2, 0.25) is 0 Å². The van der Waals surface area contributed by atoms with Crippen LogP contribution in [0.15, 0.2) is 42.5 Å². The highest BCUT2D eigenvalue weighted by atomic mass is 15.3. The molecule has 0 radical (unpaired) electrons. The molecule has 3 aromatic rings. The van der Waals surface area contributed by atoms with E-state index in [-0.39, 0.29) is 0 Å². The zero-order valence-electron chi connectivity index (χ0n) is 14.4. The number of quaternary nitrogens is 2. The molecule has 0 amide bonds. The minimum atomic E-state index is 0.800. The first-order valence-electron chi connectivity index (χ1n) is 7.63. The zero-order valence-corrected chi connectivity index (χ0v) is 14.4. The number of pyridine rings is 1. The molecule has 1 heterocycles. The average Bonchev–Trinajstić information content (AvgIpc) is 2.41. The summed E-state index contributed by atoms with van der Waals surface area (Å²) in [6.45, 7) is 0. The number of fused-ring (bicyclic) bond motifs is 2. The van der Waals surface area contributed by atoms with Crippen molar-refractivity contribution >= 4 is 33.2 Å². The molecule has 1 aromatic heterocycles. The van der Waals surface area contributed by atoms with Gasteiger partial charge in [-0.2, -0.15) is 0 Å². The van der Waals surface area contributed by atoms with Crippen LogP contribution in [0.1, 0.15) is 0 Å². The SMILES string of the molecule is C[N+](C)(C)c1ccc2cc3ccc([N+](C)(C)C)cc3nc2c1. The first-order valence-corrected chi connectivity index (χ1v) is 7.63. The molecule has 0 saturated carbocycles. The van der Waals surface area contributed by atoms with Crippen LogP contribution < -0.4 is 8.97 Å². The van der Waals surface area contributed by atoms with E-state index in [1.54, 1.807) is 0 Å². The van der Waals surface area contributed by atoms with Crippen LogP contribution >= 0.6 is 0 Å². The highest BCUT2D eigenvalue weighted by molar-refractivity contribution is 5.94. The summed E-state index contributed by atoms with van der Waals surface area (Å²) in [6, 6.07) is 15.4. The molecule has 2 aromatic carbocycles. The Hall–Kier alpha value is -1.97. The van der Waals surface area contributed by atoms with Crippen molar-refractivity contribution in [3.8, 4) is 0 Å². The van der Waals surface area contributed by atoms with Crippen molar-refractivity contribution in [2.45, 2.75) is 0 Å². The van der Waals surface area contributed by atoms with Gasteiger partial charge in [-0.05, 0) is 30.3 Å². The van der Waals surface area contributed by atoms with Crippen molar-refractivity contribution in [1.82, 2.24) is 14.0 Å². The van der Waals surface area contributed by atoms with Crippen molar-refractivity contribution in [3.05, 3.63) is 42.5 Å². The maximum Gasteiger partial charge on any atom is 0.134 e. The number of rotatable bonds is 2. The molecule has 0 aliphatic carbocycles. The molecule has 0 bridgehead atoms. The van der Waals surface area contributed by atoms with E-state index in [0.29, 0.717) is 0 Å². The largest absolute Gasteiger partial charge is 0.298 e. The monoisotopic (exact) mass is 295 g/mol. The fourth-order valence-electron chi connectivity index (χ4n) is 2.63. The fourth-order valence-corrected chi connectivity index (χ4v) is 2.63. The molecule has 0 N–H and O–H groups in total. The number of nitrogens with zero attached hydrogens (tertiary/aromatic N) is 3. The minimum Gasteiger partial charge on any atom is -0.298 e. The third-order valence-electron chi connectivity index (χ3n) is 4.13. The number of aromatic nitrogens is 1. The van der Waals surface area contributed by atoms with Crippen LogP contribution in [0.4, 0.5) is 11.4 Å². The summed E-state index contributed by atoms with van der Waals surface area (Å²) in [7, 11) is 13.1. The van der Waals surface area contributed by atoms with E-state index >= 15 is 0 Å². The summed E-state index contributed by atoms with van der Waals surface area (Å²) in [5, 5.41) is 2.39. The first kappa shape index (κ1) is 14.9. The molecular formula is C19H25N3+2. The summed E-state index contributed by atoms with van der Waals surface area (Å²) in [4.78, 5) is 4.91. The molecule has 3 rings (SSSR count). The van der Waals surface area contributed by atoms with Crippen molar-refractivity contribution in [1.29, 1.82) is 0 Å². The molecule has 0 unspecified atom stereocenters. The quantitative estimate of drug-likeness (QED) is 0.518. The number of benzene rings is 2. The molecule has 3 nitrogen and oxygen atoms in total. The summed E-state index contributed by atoms with van der Waals surface area (Å²) >= 11 is 0. The molecule has 3 heteroatoms. The lowest BCUT2D eigenvalue weighted by atomic mass is 10.1. The fraction of sp³-hybridized carbons (Fsp3) is 0.316. The summed E-state index contributed by atoms with van der Waals surface area (Å²) in [5.41, 5.74) is 4.66. The van der Waals surface area contributed by atoms with Gasteiger partial charge < -0.3 is 0 Å². The molecule has 22 heavy (non-hydrogen) atoms. The van der Waals surface area contributed by atoms with Crippen LogP contribution in [0.3, 0.4) is 0 Å². The molecule has 0 spiro atoms. The molecular weight excluding hydrogens is 270 g/mol. The Labute approximate surface area is 132 Å². The maximum absolute atomic E-state index is 4.91. The van der Waals surface area contributed by atoms with Crippen LogP contribution in [0.5, 0.6) is 0 Å².